The third-order valence-electron chi connectivity index (χ3n) is 2.80. The molecule has 20 heavy (non-hydrogen) atoms. The zero-order chi connectivity index (χ0) is 14.5. The van der Waals surface area contributed by atoms with Gasteiger partial charge in [-0.05, 0) is 30.0 Å². The second-order valence-corrected chi connectivity index (χ2v) is 5.10. The fourth-order valence-corrected chi connectivity index (χ4v) is 2.72. The molecule has 0 saturated heterocycles. The number of rotatable bonds is 6. The Morgan fingerprint density at radius 2 is 2.20 bits per heavy atom. The summed E-state index contributed by atoms with van der Waals surface area (Å²) >= 11 is 1.47. The number of benzene rings is 1. The van der Waals surface area contributed by atoms with Crippen LogP contribution in [0.1, 0.15) is 17.3 Å². The number of para-hydroxylation sites is 1. The van der Waals surface area contributed by atoms with Crippen molar-refractivity contribution in [3.8, 4) is 0 Å². The highest BCUT2D eigenvalue weighted by molar-refractivity contribution is 7.10. The highest BCUT2D eigenvalue weighted by Crippen LogP contribution is 2.32. The molecular formula is C13H13FN2O3S. The summed E-state index contributed by atoms with van der Waals surface area (Å²) in [5, 5.41) is 24.9. The maximum absolute atomic E-state index is 13.6. The van der Waals surface area contributed by atoms with Crippen LogP contribution in [-0.2, 0) is 0 Å². The number of aliphatic hydroxyl groups excluding tert-OH is 1. The minimum atomic E-state index is -0.881. The van der Waals surface area contributed by atoms with E-state index >= 15 is 0 Å². The van der Waals surface area contributed by atoms with Gasteiger partial charge in [-0.1, -0.05) is 12.1 Å². The third-order valence-corrected chi connectivity index (χ3v) is 3.79. The fourth-order valence-electron chi connectivity index (χ4n) is 1.91. The molecular weight excluding hydrogens is 283 g/mol. The number of halogens is 1. The van der Waals surface area contributed by atoms with Crippen LogP contribution in [0.4, 0.5) is 15.8 Å². The molecule has 0 bridgehead atoms. The molecule has 2 aromatic rings. The highest BCUT2D eigenvalue weighted by Gasteiger charge is 2.22. The largest absolute Gasteiger partial charge is 0.396 e. The molecule has 7 heteroatoms. The highest BCUT2D eigenvalue weighted by atomic mass is 32.1. The van der Waals surface area contributed by atoms with E-state index < -0.39 is 16.4 Å². The van der Waals surface area contributed by atoms with Crippen molar-refractivity contribution in [2.24, 2.45) is 0 Å². The number of aliphatic hydroxyl groups is 1. The summed E-state index contributed by atoms with van der Waals surface area (Å²) in [4.78, 5) is 11.1. The second kappa shape index (κ2) is 6.44. The summed E-state index contributed by atoms with van der Waals surface area (Å²) in [5.41, 5.74) is -0.464. The van der Waals surface area contributed by atoms with Crippen LogP contribution in [0, 0.1) is 15.9 Å². The van der Waals surface area contributed by atoms with Crippen molar-refractivity contribution in [3.63, 3.8) is 0 Å². The number of nitrogens with zero attached hydrogens (tertiary/aromatic N) is 1. The molecule has 1 aromatic heterocycles. The van der Waals surface area contributed by atoms with Crippen LogP contribution in [0.25, 0.3) is 0 Å². The van der Waals surface area contributed by atoms with Crippen LogP contribution in [0.5, 0.6) is 0 Å². The number of hydrogen-bond acceptors (Lipinski definition) is 5. The van der Waals surface area contributed by atoms with Gasteiger partial charge in [0.15, 0.2) is 0 Å². The maximum Gasteiger partial charge on any atom is 0.327 e. The fraction of sp³-hybridized carbons (Fsp3) is 0.231. The summed E-state index contributed by atoms with van der Waals surface area (Å²) in [7, 11) is 0. The molecule has 0 amide bonds. The first-order valence-corrected chi connectivity index (χ1v) is 6.85. The predicted molar refractivity (Wildman–Crippen MR) is 75.4 cm³/mol. The normalized spacial score (nSPS) is 12.1. The Morgan fingerprint density at radius 1 is 1.40 bits per heavy atom. The molecule has 0 fully saturated rings. The first kappa shape index (κ1) is 14.4. The zero-order valence-corrected chi connectivity index (χ0v) is 11.3. The SMILES string of the molecule is O=[N+]([O-])c1c(F)cccc1N[C@@H](CCO)c1cccs1. The Bertz CT molecular complexity index is 589. The molecule has 0 spiro atoms. The lowest BCUT2D eigenvalue weighted by Gasteiger charge is -2.17. The molecule has 106 valence electrons. The number of nitro groups is 1. The van der Waals surface area contributed by atoms with Crippen LogP contribution >= 0.6 is 11.3 Å². The van der Waals surface area contributed by atoms with Gasteiger partial charge in [-0.3, -0.25) is 10.1 Å². The minimum Gasteiger partial charge on any atom is -0.396 e. The molecule has 0 aliphatic heterocycles. The molecule has 0 unspecified atom stereocenters. The van der Waals surface area contributed by atoms with Crippen molar-refractivity contribution in [1.82, 2.24) is 0 Å². The lowest BCUT2D eigenvalue weighted by molar-refractivity contribution is -0.386. The van der Waals surface area contributed by atoms with E-state index in [0.29, 0.717) is 6.42 Å². The van der Waals surface area contributed by atoms with E-state index in [9.17, 15) is 14.5 Å². The average molecular weight is 296 g/mol. The Morgan fingerprint density at radius 3 is 2.80 bits per heavy atom. The van der Waals surface area contributed by atoms with Crippen LogP contribution in [-0.4, -0.2) is 16.6 Å². The average Bonchev–Trinajstić information content (AvgIpc) is 2.91. The molecule has 1 atom stereocenters. The number of anilines is 1. The quantitative estimate of drug-likeness (QED) is 0.633. The van der Waals surface area contributed by atoms with Crippen molar-refractivity contribution >= 4 is 22.7 Å². The predicted octanol–water partition coefficient (Wildman–Crippen LogP) is 3.33. The smallest absolute Gasteiger partial charge is 0.327 e. The van der Waals surface area contributed by atoms with Crippen molar-refractivity contribution in [3.05, 3.63) is 56.5 Å². The molecule has 1 aromatic carbocycles. The number of thiophene rings is 1. The second-order valence-electron chi connectivity index (χ2n) is 4.12. The van der Waals surface area contributed by atoms with Crippen LogP contribution in [0.3, 0.4) is 0 Å². The first-order chi connectivity index (χ1) is 9.63. The number of nitrogens with one attached hydrogen (secondary N) is 1. The van der Waals surface area contributed by atoms with E-state index in [4.69, 9.17) is 5.11 Å². The number of nitro benzene ring substituents is 1. The Hall–Kier alpha value is -1.99. The third kappa shape index (κ3) is 3.12. The molecule has 0 saturated carbocycles. The molecule has 2 N–H and O–H groups in total. The molecule has 0 aliphatic rings. The van der Waals surface area contributed by atoms with E-state index in [1.165, 1.54) is 23.5 Å². The van der Waals surface area contributed by atoms with Gasteiger partial charge in [0.25, 0.3) is 0 Å². The molecule has 0 radical (unpaired) electrons. The summed E-state index contributed by atoms with van der Waals surface area (Å²) in [5.74, 6) is -0.881. The Kier molecular flexibility index (Phi) is 4.65. The van der Waals surface area contributed by atoms with Gasteiger partial charge in [0.2, 0.25) is 5.82 Å². The lowest BCUT2D eigenvalue weighted by atomic mass is 10.1. The summed E-state index contributed by atoms with van der Waals surface area (Å²) in [6.07, 6.45) is 0.383. The van der Waals surface area contributed by atoms with E-state index in [0.717, 1.165) is 10.9 Å². The lowest BCUT2D eigenvalue weighted by Crippen LogP contribution is -2.12. The van der Waals surface area contributed by atoms with E-state index in [1.54, 1.807) is 0 Å². The minimum absolute atomic E-state index is 0.0708. The standard InChI is InChI=1S/C13H13FN2O3S/c14-9-3-1-4-11(13(9)16(18)19)15-10(6-7-17)12-5-2-8-20-12/h1-5,8,10,15,17H,6-7H2/t10-/m0/s1. The summed E-state index contributed by atoms with van der Waals surface area (Å²) in [6, 6.07) is 7.35. The van der Waals surface area contributed by atoms with Crippen LogP contribution < -0.4 is 5.32 Å². The van der Waals surface area contributed by atoms with Gasteiger partial charge in [-0.2, -0.15) is 4.39 Å². The monoisotopic (exact) mass is 296 g/mol. The van der Waals surface area contributed by atoms with Gasteiger partial charge in [0.1, 0.15) is 5.69 Å². The molecule has 5 nitrogen and oxygen atoms in total. The summed E-state index contributed by atoms with van der Waals surface area (Å²) in [6.45, 7) is -0.0708. The van der Waals surface area contributed by atoms with E-state index in [-0.39, 0.29) is 18.3 Å². The van der Waals surface area contributed by atoms with Crippen molar-refractivity contribution in [2.45, 2.75) is 12.5 Å². The van der Waals surface area contributed by atoms with Gasteiger partial charge >= 0.3 is 5.69 Å². The van der Waals surface area contributed by atoms with E-state index in [1.807, 2.05) is 17.5 Å². The maximum atomic E-state index is 13.6. The van der Waals surface area contributed by atoms with Crippen molar-refractivity contribution < 1.29 is 14.4 Å². The summed E-state index contributed by atoms with van der Waals surface area (Å²) < 4.78 is 13.6. The molecule has 0 aliphatic carbocycles. The Balaban J connectivity index is 2.32. The van der Waals surface area contributed by atoms with Crippen LogP contribution in [0.15, 0.2) is 35.7 Å². The van der Waals surface area contributed by atoms with Crippen LogP contribution in [0.2, 0.25) is 0 Å². The van der Waals surface area contributed by atoms with E-state index in [2.05, 4.69) is 5.32 Å². The topological polar surface area (TPSA) is 75.4 Å². The zero-order valence-electron chi connectivity index (χ0n) is 10.5. The number of hydrogen-bond donors (Lipinski definition) is 2. The molecule has 1 heterocycles. The van der Waals surface area contributed by atoms with Gasteiger partial charge in [-0.15, -0.1) is 11.3 Å². The van der Waals surface area contributed by atoms with Gasteiger partial charge in [0, 0.05) is 11.5 Å². The van der Waals surface area contributed by atoms with Gasteiger partial charge in [0.05, 0.1) is 11.0 Å². The Labute approximate surface area is 118 Å². The van der Waals surface area contributed by atoms with Crippen molar-refractivity contribution in [1.29, 1.82) is 0 Å². The first-order valence-electron chi connectivity index (χ1n) is 5.97. The molecule has 2 rings (SSSR count). The van der Waals surface area contributed by atoms with Gasteiger partial charge in [-0.25, -0.2) is 0 Å². The van der Waals surface area contributed by atoms with Gasteiger partial charge < -0.3 is 10.4 Å². The van der Waals surface area contributed by atoms with Crippen molar-refractivity contribution in [2.75, 3.05) is 11.9 Å².